The fraction of sp³-hybridized carbons (Fsp3) is 0.900. The number of esters is 3. The van der Waals surface area contributed by atoms with Crippen LogP contribution in [0.25, 0.3) is 0 Å². The second-order valence-corrected chi connectivity index (χ2v) is 23.5. The lowest BCUT2D eigenvalue weighted by atomic mass is 10.0. The van der Waals surface area contributed by atoms with E-state index in [4.69, 9.17) is 14.2 Å². The van der Waals surface area contributed by atoms with E-state index >= 15 is 0 Å². The zero-order valence-electron chi connectivity index (χ0n) is 51.6. The lowest BCUT2D eigenvalue weighted by Crippen LogP contribution is -2.30. The molecule has 0 fully saturated rings. The Bertz CT molecular complexity index is 1230. The van der Waals surface area contributed by atoms with Crippen LogP contribution in [-0.2, 0) is 28.6 Å². The van der Waals surface area contributed by atoms with Crippen molar-refractivity contribution in [1.29, 1.82) is 0 Å². The average Bonchev–Trinajstić information content (AvgIpc) is 3.42. The molecule has 1 unspecified atom stereocenters. The fourth-order valence-corrected chi connectivity index (χ4v) is 10.5. The lowest BCUT2D eigenvalue weighted by Gasteiger charge is -2.18. The van der Waals surface area contributed by atoms with Crippen LogP contribution in [-0.4, -0.2) is 37.2 Å². The summed E-state index contributed by atoms with van der Waals surface area (Å²) in [5.74, 6) is -0.865. The molecule has 0 radical (unpaired) electrons. The fourth-order valence-electron chi connectivity index (χ4n) is 10.5. The summed E-state index contributed by atoms with van der Waals surface area (Å²) in [5, 5.41) is 0. The number of unbranched alkanes of at least 4 members (excludes halogenated alkanes) is 49. The number of carbonyl (C=O) groups is 3. The molecule has 0 aliphatic heterocycles. The molecule has 76 heavy (non-hydrogen) atoms. The molecule has 0 aromatic carbocycles. The van der Waals surface area contributed by atoms with Crippen molar-refractivity contribution < 1.29 is 28.6 Å². The van der Waals surface area contributed by atoms with Gasteiger partial charge in [0.15, 0.2) is 6.10 Å². The number of hydrogen-bond acceptors (Lipinski definition) is 6. The van der Waals surface area contributed by atoms with Gasteiger partial charge in [0.05, 0.1) is 0 Å². The second-order valence-electron chi connectivity index (χ2n) is 23.5. The highest BCUT2D eigenvalue weighted by Crippen LogP contribution is 2.19. The van der Waals surface area contributed by atoms with E-state index in [0.29, 0.717) is 19.3 Å². The Labute approximate surface area is 474 Å². The topological polar surface area (TPSA) is 78.9 Å². The summed E-state index contributed by atoms with van der Waals surface area (Å²) in [4.78, 5) is 38.0. The van der Waals surface area contributed by atoms with E-state index in [9.17, 15) is 14.4 Å². The van der Waals surface area contributed by atoms with Gasteiger partial charge in [0.25, 0.3) is 0 Å². The smallest absolute Gasteiger partial charge is 0.306 e. The van der Waals surface area contributed by atoms with Crippen LogP contribution < -0.4 is 0 Å². The van der Waals surface area contributed by atoms with Gasteiger partial charge < -0.3 is 14.2 Å². The van der Waals surface area contributed by atoms with Crippen molar-refractivity contribution in [1.82, 2.24) is 0 Å². The highest BCUT2D eigenvalue weighted by molar-refractivity contribution is 5.71. The molecule has 6 heteroatoms. The van der Waals surface area contributed by atoms with Gasteiger partial charge in [-0.2, -0.15) is 0 Å². The van der Waals surface area contributed by atoms with Gasteiger partial charge in [-0.3, -0.25) is 14.4 Å². The van der Waals surface area contributed by atoms with Crippen molar-refractivity contribution in [3.63, 3.8) is 0 Å². The van der Waals surface area contributed by atoms with Crippen molar-refractivity contribution in [2.24, 2.45) is 0 Å². The zero-order valence-corrected chi connectivity index (χ0v) is 51.6. The summed E-state index contributed by atoms with van der Waals surface area (Å²) in [6.45, 7) is 6.62. The van der Waals surface area contributed by atoms with Gasteiger partial charge in [-0.1, -0.05) is 340 Å². The quantitative estimate of drug-likeness (QED) is 0.0261. The summed E-state index contributed by atoms with van der Waals surface area (Å²) in [6.07, 6.45) is 79.8. The number of rotatable bonds is 64. The van der Waals surface area contributed by atoms with E-state index < -0.39 is 6.10 Å². The van der Waals surface area contributed by atoms with Crippen LogP contribution in [0.5, 0.6) is 0 Å². The largest absolute Gasteiger partial charge is 0.462 e. The molecule has 0 bridgehead atoms. The van der Waals surface area contributed by atoms with E-state index in [0.717, 1.165) is 70.6 Å². The van der Waals surface area contributed by atoms with Gasteiger partial charge >= 0.3 is 17.9 Å². The molecule has 0 saturated carbocycles. The van der Waals surface area contributed by atoms with Crippen LogP contribution in [0.4, 0.5) is 0 Å². The van der Waals surface area contributed by atoms with Crippen molar-refractivity contribution >= 4 is 17.9 Å². The molecule has 448 valence electrons. The molecule has 6 nitrogen and oxygen atoms in total. The molecule has 0 saturated heterocycles. The van der Waals surface area contributed by atoms with E-state index in [-0.39, 0.29) is 31.1 Å². The minimum atomic E-state index is -0.770. The summed E-state index contributed by atoms with van der Waals surface area (Å²) >= 11 is 0. The van der Waals surface area contributed by atoms with Crippen LogP contribution >= 0.6 is 0 Å². The number of hydrogen-bond donors (Lipinski definition) is 0. The Morgan fingerprint density at radius 2 is 0.474 bits per heavy atom. The Morgan fingerprint density at radius 1 is 0.263 bits per heavy atom. The van der Waals surface area contributed by atoms with Crippen molar-refractivity contribution in [2.75, 3.05) is 13.2 Å². The highest BCUT2D eigenvalue weighted by atomic mass is 16.6. The van der Waals surface area contributed by atoms with Gasteiger partial charge in [-0.15, -0.1) is 0 Å². The Hall–Kier alpha value is -2.11. The van der Waals surface area contributed by atoms with E-state index in [1.165, 1.54) is 276 Å². The molecule has 0 aliphatic carbocycles. The molecule has 0 aliphatic rings. The third-order valence-electron chi connectivity index (χ3n) is 15.7. The van der Waals surface area contributed by atoms with Crippen LogP contribution in [0.2, 0.25) is 0 Å². The lowest BCUT2D eigenvalue weighted by molar-refractivity contribution is -0.167. The predicted molar refractivity (Wildman–Crippen MR) is 330 cm³/mol. The van der Waals surface area contributed by atoms with Crippen molar-refractivity contribution in [3.8, 4) is 0 Å². The summed E-state index contributed by atoms with van der Waals surface area (Å²) in [5.41, 5.74) is 0. The average molecular weight is 1070 g/mol. The maximum Gasteiger partial charge on any atom is 0.306 e. The normalized spacial score (nSPS) is 12.1. The summed E-state index contributed by atoms with van der Waals surface area (Å²) in [6, 6.07) is 0. The standard InChI is InChI=1S/C70H132O6/c1-4-7-10-13-16-18-20-22-24-26-28-29-30-31-32-33-34-35-36-37-38-39-40-41-42-43-45-46-48-50-52-54-57-60-63-69(72)75-66-67(65-74-68(71)62-59-56-15-12-9-6-3)76-70(73)64-61-58-55-53-51-49-47-44-27-25-23-21-19-17-14-11-8-5-2/h19,21,25,27,67H,4-18,20,22-24,26,28-66H2,1-3H3/b21-19-,27-25-. The van der Waals surface area contributed by atoms with E-state index in [1.807, 2.05) is 0 Å². The Balaban J connectivity index is 3.90. The zero-order chi connectivity index (χ0) is 55.0. The summed E-state index contributed by atoms with van der Waals surface area (Å²) in [7, 11) is 0. The molecule has 0 aromatic rings. The van der Waals surface area contributed by atoms with Gasteiger partial charge in [0.1, 0.15) is 13.2 Å². The van der Waals surface area contributed by atoms with E-state index in [2.05, 4.69) is 45.1 Å². The molecule has 0 spiro atoms. The van der Waals surface area contributed by atoms with Crippen LogP contribution in [0, 0.1) is 0 Å². The molecule has 0 aromatic heterocycles. The minimum absolute atomic E-state index is 0.0699. The Morgan fingerprint density at radius 3 is 0.737 bits per heavy atom. The minimum Gasteiger partial charge on any atom is -0.462 e. The van der Waals surface area contributed by atoms with Crippen LogP contribution in [0.1, 0.15) is 387 Å². The molecule has 0 amide bonds. The molecular weight excluding hydrogens is 937 g/mol. The first kappa shape index (κ1) is 73.9. The molecule has 0 heterocycles. The third-order valence-corrected chi connectivity index (χ3v) is 15.7. The molecular formula is C70H132O6. The Kier molecular flexibility index (Phi) is 63.6. The van der Waals surface area contributed by atoms with E-state index in [1.54, 1.807) is 0 Å². The maximum atomic E-state index is 12.8. The predicted octanol–water partition coefficient (Wildman–Crippen LogP) is 23.4. The maximum absolute atomic E-state index is 12.8. The first-order chi connectivity index (χ1) is 37.5. The highest BCUT2D eigenvalue weighted by Gasteiger charge is 2.19. The van der Waals surface area contributed by atoms with Gasteiger partial charge in [-0.25, -0.2) is 0 Å². The van der Waals surface area contributed by atoms with Crippen LogP contribution in [0.15, 0.2) is 24.3 Å². The SMILES string of the molecule is CCCCCC/C=C\C/C=C\CCCCCCCCCC(=O)OC(COC(=O)CCCCCCCC)COC(=O)CCCCCCCCCCCCCCCCCCCCCCCCCCCCCCCCCCCC. The van der Waals surface area contributed by atoms with Gasteiger partial charge in [0.2, 0.25) is 0 Å². The van der Waals surface area contributed by atoms with Gasteiger partial charge in [-0.05, 0) is 51.4 Å². The first-order valence-corrected chi connectivity index (χ1v) is 34.3. The summed E-state index contributed by atoms with van der Waals surface area (Å²) < 4.78 is 16.8. The molecule has 0 N–H and O–H groups in total. The van der Waals surface area contributed by atoms with Crippen LogP contribution in [0.3, 0.4) is 0 Å². The molecule has 1 atom stereocenters. The number of ether oxygens (including phenoxy) is 3. The number of carbonyl (C=O) groups excluding carboxylic acids is 3. The first-order valence-electron chi connectivity index (χ1n) is 34.3. The van der Waals surface area contributed by atoms with Crippen molar-refractivity contribution in [2.45, 2.75) is 393 Å². The third kappa shape index (κ3) is 62.7. The second kappa shape index (κ2) is 65.4. The van der Waals surface area contributed by atoms with Gasteiger partial charge in [0, 0.05) is 19.3 Å². The van der Waals surface area contributed by atoms with Crippen molar-refractivity contribution in [3.05, 3.63) is 24.3 Å². The number of allylic oxidation sites excluding steroid dienone is 4. The monoisotopic (exact) mass is 1070 g/mol. The molecule has 0 rings (SSSR count).